The summed E-state index contributed by atoms with van der Waals surface area (Å²) in [6, 6.07) is 18.8. The molecule has 5 heteroatoms. The first kappa shape index (κ1) is 19.9. The molecule has 0 aliphatic rings. The predicted octanol–water partition coefficient (Wildman–Crippen LogP) is 6.05. The lowest BCUT2D eigenvalue weighted by Crippen LogP contribution is -2.15. The molecule has 0 saturated carbocycles. The molecule has 1 N–H and O–H groups in total. The third-order valence-corrected chi connectivity index (χ3v) is 4.89. The van der Waals surface area contributed by atoms with E-state index in [2.05, 4.69) is 31.1 Å². The molecule has 0 unspecified atom stereocenters. The van der Waals surface area contributed by atoms with Gasteiger partial charge in [-0.25, -0.2) is 4.98 Å². The molecule has 0 bridgehead atoms. The van der Waals surface area contributed by atoms with Gasteiger partial charge < -0.3 is 10.2 Å². The molecule has 144 valence electrons. The molecule has 1 aromatic heterocycles. The van der Waals surface area contributed by atoms with E-state index in [4.69, 9.17) is 11.6 Å². The lowest BCUT2D eigenvalue weighted by atomic mass is 9.87. The monoisotopic (exact) mass is 393 g/mol. The maximum absolute atomic E-state index is 12.7. The minimum absolute atomic E-state index is 0.0731. The Morgan fingerprint density at radius 1 is 1.04 bits per heavy atom. The number of anilines is 3. The fourth-order valence-corrected chi connectivity index (χ4v) is 3.09. The molecule has 1 heterocycles. The first-order valence-corrected chi connectivity index (χ1v) is 9.50. The quantitative estimate of drug-likeness (QED) is 0.586. The van der Waals surface area contributed by atoms with Crippen LogP contribution in [0.5, 0.6) is 0 Å². The number of nitrogens with one attached hydrogen (secondary N) is 1. The Hall–Kier alpha value is -2.85. The number of pyridine rings is 1. The fourth-order valence-electron chi connectivity index (χ4n) is 2.84. The molecule has 0 aliphatic carbocycles. The number of nitrogens with zero attached hydrogens (tertiary/aromatic N) is 2. The lowest BCUT2D eigenvalue weighted by molar-refractivity contribution is 0.102. The number of carbonyl (C=O) groups excluding carboxylic acids is 1. The average molecular weight is 394 g/mol. The van der Waals surface area contributed by atoms with Crippen LogP contribution in [0.2, 0.25) is 5.02 Å². The van der Waals surface area contributed by atoms with Crippen LogP contribution < -0.4 is 10.2 Å². The lowest BCUT2D eigenvalue weighted by Gasteiger charge is -2.20. The van der Waals surface area contributed by atoms with E-state index < -0.39 is 0 Å². The summed E-state index contributed by atoms with van der Waals surface area (Å²) >= 11 is 6.36. The van der Waals surface area contributed by atoms with E-state index in [0.717, 1.165) is 17.2 Å². The van der Waals surface area contributed by atoms with E-state index in [1.54, 1.807) is 24.4 Å². The molecule has 4 nitrogen and oxygen atoms in total. The highest BCUT2D eigenvalue weighted by Gasteiger charge is 2.15. The minimum atomic E-state index is -0.184. The molecular weight excluding hydrogens is 370 g/mol. The number of halogens is 1. The van der Waals surface area contributed by atoms with Crippen molar-refractivity contribution < 1.29 is 4.79 Å². The van der Waals surface area contributed by atoms with Crippen molar-refractivity contribution in [1.29, 1.82) is 0 Å². The first-order chi connectivity index (χ1) is 13.3. The van der Waals surface area contributed by atoms with Gasteiger partial charge in [-0.15, -0.1) is 0 Å². The van der Waals surface area contributed by atoms with Gasteiger partial charge in [0.2, 0.25) is 0 Å². The Bertz CT molecular complexity index is 963. The number of hydrogen-bond acceptors (Lipinski definition) is 3. The van der Waals surface area contributed by atoms with Crippen LogP contribution in [0.4, 0.5) is 17.2 Å². The van der Waals surface area contributed by atoms with Crippen molar-refractivity contribution in [3.8, 4) is 0 Å². The highest BCUT2D eigenvalue weighted by Crippen LogP contribution is 2.31. The number of aromatic nitrogens is 1. The van der Waals surface area contributed by atoms with E-state index in [9.17, 15) is 4.79 Å². The largest absolute Gasteiger partial charge is 0.328 e. The van der Waals surface area contributed by atoms with Gasteiger partial charge in [-0.05, 0) is 53.4 Å². The third kappa shape index (κ3) is 4.52. The van der Waals surface area contributed by atoms with Gasteiger partial charge in [0.25, 0.3) is 5.91 Å². The number of benzene rings is 2. The van der Waals surface area contributed by atoms with Crippen LogP contribution in [0.15, 0.2) is 66.9 Å². The molecule has 0 fully saturated rings. The van der Waals surface area contributed by atoms with Gasteiger partial charge in [0.1, 0.15) is 5.82 Å². The van der Waals surface area contributed by atoms with Gasteiger partial charge in [0.15, 0.2) is 0 Å². The maximum Gasteiger partial charge on any atom is 0.255 e. The van der Waals surface area contributed by atoms with Crippen molar-refractivity contribution in [2.45, 2.75) is 26.2 Å². The summed E-state index contributed by atoms with van der Waals surface area (Å²) in [5.41, 5.74) is 3.30. The second-order valence-electron chi connectivity index (χ2n) is 7.69. The van der Waals surface area contributed by atoms with Crippen molar-refractivity contribution in [3.05, 3.63) is 83.0 Å². The summed E-state index contributed by atoms with van der Waals surface area (Å²) in [7, 11) is 1.87. The topological polar surface area (TPSA) is 45.2 Å². The SMILES string of the molecule is CN(c1ccccn1)c1cc(C(=O)Nc2ccc(C(C)(C)C)cc2)ccc1Cl. The standard InChI is InChI=1S/C23H24ClN3O/c1-23(2,3)17-9-11-18(12-10-17)26-22(28)16-8-13-19(24)20(15-16)27(4)21-7-5-6-14-25-21/h5-15H,1-4H3,(H,26,28). The fraction of sp³-hybridized carbons (Fsp3) is 0.217. The smallest absolute Gasteiger partial charge is 0.255 e. The van der Waals surface area contributed by atoms with Crippen molar-refractivity contribution in [2.75, 3.05) is 17.3 Å². The number of carbonyl (C=O) groups is 1. The zero-order valence-corrected chi connectivity index (χ0v) is 17.3. The van der Waals surface area contributed by atoms with Crippen molar-refractivity contribution in [2.24, 2.45) is 0 Å². The highest BCUT2D eigenvalue weighted by atomic mass is 35.5. The minimum Gasteiger partial charge on any atom is -0.328 e. The average Bonchev–Trinajstić information content (AvgIpc) is 2.68. The normalized spacial score (nSPS) is 11.2. The molecule has 0 aliphatic heterocycles. The summed E-state index contributed by atoms with van der Waals surface area (Å²) in [6.07, 6.45) is 1.72. The van der Waals surface area contributed by atoms with Crippen LogP contribution in [-0.2, 0) is 5.41 Å². The Morgan fingerprint density at radius 2 is 1.75 bits per heavy atom. The summed E-state index contributed by atoms with van der Waals surface area (Å²) in [5.74, 6) is 0.565. The van der Waals surface area contributed by atoms with E-state index >= 15 is 0 Å². The number of rotatable bonds is 4. The molecule has 0 saturated heterocycles. The van der Waals surface area contributed by atoms with E-state index in [0.29, 0.717) is 10.6 Å². The van der Waals surface area contributed by atoms with Crippen LogP contribution in [0.1, 0.15) is 36.7 Å². The molecule has 0 spiro atoms. The van der Waals surface area contributed by atoms with Crippen molar-refractivity contribution >= 4 is 34.7 Å². The zero-order chi connectivity index (χ0) is 20.3. The molecular formula is C23H24ClN3O. The van der Waals surface area contributed by atoms with Crippen LogP contribution in [0, 0.1) is 0 Å². The van der Waals surface area contributed by atoms with E-state index in [-0.39, 0.29) is 11.3 Å². The van der Waals surface area contributed by atoms with Crippen LogP contribution in [-0.4, -0.2) is 17.9 Å². The van der Waals surface area contributed by atoms with Crippen LogP contribution in [0.3, 0.4) is 0 Å². The molecule has 1 amide bonds. The Morgan fingerprint density at radius 3 is 2.36 bits per heavy atom. The molecule has 0 radical (unpaired) electrons. The molecule has 28 heavy (non-hydrogen) atoms. The highest BCUT2D eigenvalue weighted by molar-refractivity contribution is 6.33. The molecule has 2 aromatic carbocycles. The van der Waals surface area contributed by atoms with Crippen molar-refractivity contribution in [1.82, 2.24) is 4.98 Å². The summed E-state index contributed by atoms with van der Waals surface area (Å²) in [4.78, 5) is 18.9. The Labute approximate surface area is 171 Å². The second kappa shape index (κ2) is 8.03. The number of amides is 1. The summed E-state index contributed by atoms with van der Waals surface area (Å²) in [6.45, 7) is 6.48. The van der Waals surface area contributed by atoms with E-state index in [1.165, 1.54) is 5.56 Å². The van der Waals surface area contributed by atoms with Crippen molar-refractivity contribution in [3.63, 3.8) is 0 Å². The van der Waals surface area contributed by atoms with Gasteiger partial charge >= 0.3 is 0 Å². The first-order valence-electron chi connectivity index (χ1n) is 9.12. The predicted molar refractivity (Wildman–Crippen MR) is 117 cm³/mol. The van der Waals surface area contributed by atoms with Gasteiger partial charge in [-0.2, -0.15) is 0 Å². The van der Waals surface area contributed by atoms with Gasteiger partial charge in [-0.1, -0.05) is 50.6 Å². The van der Waals surface area contributed by atoms with Crippen LogP contribution >= 0.6 is 11.6 Å². The molecule has 3 rings (SSSR count). The zero-order valence-electron chi connectivity index (χ0n) is 16.5. The Balaban J connectivity index is 1.81. The Kier molecular flexibility index (Phi) is 5.71. The summed E-state index contributed by atoms with van der Waals surface area (Å²) in [5, 5.41) is 3.50. The van der Waals surface area contributed by atoms with Crippen LogP contribution in [0.25, 0.3) is 0 Å². The second-order valence-corrected chi connectivity index (χ2v) is 8.10. The number of hydrogen-bond donors (Lipinski definition) is 1. The molecule has 3 aromatic rings. The third-order valence-electron chi connectivity index (χ3n) is 4.57. The van der Waals surface area contributed by atoms with E-state index in [1.807, 2.05) is 54.4 Å². The maximum atomic E-state index is 12.7. The summed E-state index contributed by atoms with van der Waals surface area (Å²) < 4.78 is 0. The molecule has 0 atom stereocenters. The van der Waals surface area contributed by atoms with Gasteiger partial charge in [0.05, 0.1) is 10.7 Å². The van der Waals surface area contributed by atoms with Gasteiger partial charge in [0, 0.05) is 24.5 Å². The van der Waals surface area contributed by atoms with Gasteiger partial charge in [-0.3, -0.25) is 4.79 Å².